The lowest BCUT2D eigenvalue weighted by Gasteiger charge is -2.21. The highest BCUT2D eigenvalue weighted by molar-refractivity contribution is 14.0. The number of aliphatic imine (C=N–C) groups is 1. The second-order valence-electron chi connectivity index (χ2n) is 6.68. The van der Waals surface area contributed by atoms with Crippen molar-refractivity contribution in [3.63, 3.8) is 0 Å². The Kier molecular flexibility index (Phi) is 10.2. The maximum Gasteiger partial charge on any atom is 0.270 e. The molecule has 1 heterocycles. The van der Waals surface area contributed by atoms with Crippen molar-refractivity contribution in [3.8, 4) is 0 Å². The van der Waals surface area contributed by atoms with Crippen molar-refractivity contribution in [2.24, 2.45) is 4.99 Å². The average Bonchev–Trinajstić information content (AvgIpc) is 3.10. The molecule has 3 N–H and O–H groups in total. The molecule has 1 aromatic carbocycles. The van der Waals surface area contributed by atoms with Crippen molar-refractivity contribution < 1.29 is 18.1 Å². The molecule has 12 heteroatoms. The Hall–Kier alpha value is -1.51. The summed E-state index contributed by atoms with van der Waals surface area (Å²) in [7, 11) is -3.84. The van der Waals surface area contributed by atoms with Crippen molar-refractivity contribution in [2.45, 2.75) is 37.2 Å². The van der Waals surface area contributed by atoms with Crippen molar-refractivity contribution >= 4 is 45.6 Å². The number of sulfonamides is 1. The SMILES string of the molecule is CCNC(=NCC1(C)CCCO1)NCCNS(=O)(=O)c1cccc([N+](=O)[O-])c1.I. The fourth-order valence-corrected chi connectivity index (χ4v) is 3.83. The number of hydrogen-bond donors (Lipinski definition) is 3. The van der Waals surface area contributed by atoms with Crippen LogP contribution in [0, 0.1) is 10.1 Å². The third-order valence-electron chi connectivity index (χ3n) is 4.26. The zero-order valence-corrected chi connectivity index (χ0v) is 19.7. The number of halogens is 1. The summed E-state index contributed by atoms with van der Waals surface area (Å²) in [5.41, 5.74) is -0.531. The predicted molar refractivity (Wildman–Crippen MR) is 121 cm³/mol. The Morgan fingerprint density at radius 3 is 2.72 bits per heavy atom. The molecule has 2 rings (SSSR count). The number of nitrogens with zero attached hydrogens (tertiary/aromatic N) is 2. The third-order valence-corrected chi connectivity index (χ3v) is 5.72. The van der Waals surface area contributed by atoms with Crippen LogP contribution >= 0.6 is 24.0 Å². The van der Waals surface area contributed by atoms with Crippen LogP contribution in [-0.2, 0) is 14.8 Å². The number of hydrogen-bond acceptors (Lipinski definition) is 6. The molecule has 1 fully saturated rings. The lowest BCUT2D eigenvalue weighted by Crippen LogP contribution is -2.42. The molecule has 164 valence electrons. The molecular weight excluding hydrogens is 513 g/mol. The fraction of sp³-hybridized carbons (Fsp3) is 0.588. The quantitative estimate of drug-likeness (QED) is 0.108. The van der Waals surface area contributed by atoms with Gasteiger partial charge in [-0.2, -0.15) is 0 Å². The number of benzene rings is 1. The highest BCUT2D eigenvalue weighted by Crippen LogP contribution is 2.25. The summed E-state index contributed by atoms with van der Waals surface area (Å²) >= 11 is 0. The molecule has 1 aromatic rings. The lowest BCUT2D eigenvalue weighted by atomic mass is 10.0. The number of nitro groups is 1. The van der Waals surface area contributed by atoms with Gasteiger partial charge in [0.2, 0.25) is 10.0 Å². The molecule has 29 heavy (non-hydrogen) atoms. The molecular formula is C17H28IN5O5S. The average molecular weight is 541 g/mol. The molecule has 0 saturated carbocycles. The van der Waals surface area contributed by atoms with Gasteiger partial charge >= 0.3 is 0 Å². The molecule has 0 spiro atoms. The number of ether oxygens (including phenoxy) is 1. The van der Waals surface area contributed by atoms with Gasteiger partial charge in [0.15, 0.2) is 5.96 Å². The van der Waals surface area contributed by atoms with Gasteiger partial charge < -0.3 is 15.4 Å². The van der Waals surface area contributed by atoms with E-state index in [0.717, 1.165) is 25.5 Å². The highest BCUT2D eigenvalue weighted by Gasteiger charge is 2.29. The molecule has 0 radical (unpaired) electrons. The smallest absolute Gasteiger partial charge is 0.270 e. The van der Waals surface area contributed by atoms with Gasteiger partial charge in [-0.15, -0.1) is 24.0 Å². The highest BCUT2D eigenvalue weighted by atomic mass is 127. The fourth-order valence-electron chi connectivity index (χ4n) is 2.76. The van der Waals surface area contributed by atoms with Crippen molar-refractivity contribution in [2.75, 3.05) is 32.8 Å². The first-order chi connectivity index (χ1) is 13.3. The van der Waals surface area contributed by atoms with E-state index in [1.165, 1.54) is 18.2 Å². The number of nitro benzene ring substituents is 1. The van der Waals surface area contributed by atoms with E-state index in [9.17, 15) is 18.5 Å². The minimum absolute atomic E-state index is 0. The van der Waals surface area contributed by atoms with Crippen LogP contribution in [0.5, 0.6) is 0 Å². The van der Waals surface area contributed by atoms with E-state index >= 15 is 0 Å². The zero-order valence-electron chi connectivity index (χ0n) is 16.5. The molecule has 0 amide bonds. The van der Waals surface area contributed by atoms with Gasteiger partial charge in [0.05, 0.1) is 22.0 Å². The molecule has 1 aliphatic heterocycles. The first kappa shape index (κ1) is 25.5. The summed E-state index contributed by atoms with van der Waals surface area (Å²) in [5, 5.41) is 17.0. The Balaban J connectivity index is 0.00000420. The normalized spacial score (nSPS) is 19.4. The largest absolute Gasteiger partial charge is 0.373 e. The van der Waals surface area contributed by atoms with E-state index in [-0.39, 0.29) is 46.7 Å². The maximum atomic E-state index is 12.3. The summed E-state index contributed by atoms with van der Waals surface area (Å²) < 4.78 is 32.7. The predicted octanol–water partition coefficient (Wildman–Crippen LogP) is 1.62. The van der Waals surface area contributed by atoms with Gasteiger partial charge in [0.1, 0.15) is 0 Å². The molecule has 10 nitrogen and oxygen atoms in total. The standard InChI is InChI=1S/C17H27N5O5S.HI/c1-3-18-16(20-13-17(2)8-5-11-27-17)19-9-10-21-28(25,26)15-7-4-6-14(12-15)22(23)24;/h4,6-7,12,21H,3,5,8-11,13H2,1-2H3,(H2,18,19,20);1H. The Labute approximate surface area is 188 Å². The minimum atomic E-state index is -3.84. The van der Waals surface area contributed by atoms with E-state index in [0.29, 0.717) is 25.6 Å². The molecule has 0 aliphatic carbocycles. The van der Waals surface area contributed by atoms with Crippen LogP contribution in [0.15, 0.2) is 34.2 Å². The van der Waals surface area contributed by atoms with Gasteiger partial charge in [-0.25, -0.2) is 13.1 Å². The van der Waals surface area contributed by atoms with Gasteiger partial charge in [-0.3, -0.25) is 15.1 Å². The van der Waals surface area contributed by atoms with E-state index < -0.39 is 14.9 Å². The van der Waals surface area contributed by atoms with Crippen LogP contribution in [0.25, 0.3) is 0 Å². The Morgan fingerprint density at radius 2 is 2.10 bits per heavy atom. The van der Waals surface area contributed by atoms with Crippen LogP contribution in [-0.4, -0.2) is 57.7 Å². The van der Waals surface area contributed by atoms with E-state index in [1.807, 2.05) is 13.8 Å². The lowest BCUT2D eigenvalue weighted by molar-refractivity contribution is -0.385. The van der Waals surface area contributed by atoms with Gasteiger partial charge in [0, 0.05) is 38.4 Å². The van der Waals surface area contributed by atoms with Crippen LogP contribution in [0.1, 0.15) is 26.7 Å². The van der Waals surface area contributed by atoms with Crippen LogP contribution in [0.2, 0.25) is 0 Å². The van der Waals surface area contributed by atoms with E-state index in [2.05, 4.69) is 20.3 Å². The molecule has 1 unspecified atom stereocenters. The molecule has 1 aliphatic rings. The summed E-state index contributed by atoms with van der Waals surface area (Å²) in [4.78, 5) is 14.5. The summed E-state index contributed by atoms with van der Waals surface area (Å²) in [6.07, 6.45) is 1.98. The number of guanidine groups is 1. The third kappa shape index (κ3) is 8.03. The summed E-state index contributed by atoms with van der Waals surface area (Å²) in [6, 6.07) is 4.93. The number of rotatable bonds is 9. The first-order valence-corrected chi connectivity index (χ1v) is 10.6. The number of non-ortho nitro benzene ring substituents is 1. The Morgan fingerprint density at radius 1 is 1.34 bits per heavy atom. The summed E-state index contributed by atoms with van der Waals surface area (Å²) in [6.45, 7) is 6.30. The van der Waals surface area contributed by atoms with E-state index in [1.54, 1.807) is 0 Å². The van der Waals surface area contributed by atoms with Gasteiger partial charge in [0.25, 0.3) is 5.69 Å². The topological polar surface area (TPSA) is 135 Å². The second-order valence-corrected chi connectivity index (χ2v) is 8.44. The van der Waals surface area contributed by atoms with Crippen molar-refractivity contribution in [1.82, 2.24) is 15.4 Å². The number of nitrogens with one attached hydrogen (secondary N) is 3. The second kappa shape index (κ2) is 11.6. The zero-order chi connectivity index (χ0) is 20.6. The molecule has 1 atom stereocenters. The first-order valence-electron chi connectivity index (χ1n) is 9.16. The minimum Gasteiger partial charge on any atom is -0.373 e. The van der Waals surface area contributed by atoms with E-state index in [4.69, 9.17) is 4.74 Å². The van der Waals surface area contributed by atoms with Crippen LogP contribution in [0.4, 0.5) is 5.69 Å². The van der Waals surface area contributed by atoms with Crippen molar-refractivity contribution in [1.29, 1.82) is 0 Å². The summed E-state index contributed by atoms with van der Waals surface area (Å²) in [5.74, 6) is 0.578. The monoisotopic (exact) mass is 541 g/mol. The molecule has 1 saturated heterocycles. The van der Waals surface area contributed by atoms with Crippen LogP contribution < -0.4 is 15.4 Å². The van der Waals surface area contributed by atoms with Crippen molar-refractivity contribution in [3.05, 3.63) is 34.4 Å². The maximum absolute atomic E-state index is 12.3. The van der Waals surface area contributed by atoms with Gasteiger partial charge in [-0.05, 0) is 32.8 Å². The van der Waals surface area contributed by atoms with Crippen LogP contribution in [0.3, 0.4) is 0 Å². The molecule has 0 bridgehead atoms. The molecule has 0 aromatic heterocycles. The van der Waals surface area contributed by atoms with Gasteiger partial charge in [-0.1, -0.05) is 6.07 Å². The Bertz CT molecular complexity index is 812.